The molecule has 10 heteroatoms. The maximum atomic E-state index is 13.5. The van der Waals surface area contributed by atoms with Crippen molar-refractivity contribution in [2.75, 3.05) is 36.0 Å². The second-order valence-electron chi connectivity index (χ2n) is 8.46. The van der Waals surface area contributed by atoms with Gasteiger partial charge in [0.25, 0.3) is 5.56 Å². The standard InChI is InChI=1S/C24H24ClFN6O2/c1-28-21-20(22(33)29(2)24(28)34)32(15-16-6-8-18(26)9-7-16)23(27-21)31-12-10-30(11-13-31)19-5-3-4-17(25)14-19/h3-9,14H,10-13,15H2,1-2H3. The Kier molecular flexibility index (Phi) is 5.65. The molecule has 0 saturated carbocycles. The van der Waals surface area contributed by atoms with Gasteiger partial charge in [0.1, 0.15) is 5.82 Å². The average molecular weight is 483 g/mol. The van der Waals surface area contributed by atoms with E-state index < -0.39 is 11.2 Å². The molecule has 2 aromatic heterocycles. The van der Waals surface area contributed by atoms with Crippen LogP contribution in [0, 0.1) is 5.82 Å². The maximum absolute atomic E-state index is 13.5. The second kappa shape index (κ2) is 8.64. The van der Waals surface area contributed by atoms with E-state index in [0.29, 0.717) is 41.8 Å². The van der Waals surface area contributed by atoms with Crippen LogP contribution < -0.4 is 21.0 Å². The largest absolute Gasteiger partial charge is 0.368 e. The predicted molar refractivity (Wildman–Crippen MR) is 132 cm³/mol. The van der Waals surface area contributed by atoms with Crippen molar-refractivity contribution < 1.29 is 4.39 Å². The van der Waals surface area contributed by atoms with E-state index >= 15 is 0 Å². The van der Waals surface area contributed by atoms with Gasteiger partial charge < -0.3 is 9.80 Å². The number of aromatic nitrogens is 4. The molecule has 0 spiro atoms. The van der Waals surface area contributed by atoms with E-state index in [1.54, 1.807) is 19.2 Å². The highest BCUT2D eigenvalue weighted by Gasteiger charge is 2.26. The Balaban J connectivity index is 1.56. The highest BCUT2D eigenvalue weighted by Crippen LogP contribution is 2.25. The number of hydrogen-bond acceptors (Lipinski definition) is 5. The van der Waals surface area contributed by atoms with Crippen molar-refractivity contribution in [3.05, 3.63) is 85.8 Å². The summed E-state index contributed by atoms with van der Waals surface area (Å²) in [4.78, 5) is 34.8. The third kappa shape index (κ3) is 3.86. The number of rotatable bonds is 4. The van der Waals surface area contributed by atoms with Crippen molar-refractivity contribution in [2.45, 2.75) is 6.54 Å². The molecule has 1 aliphatic heterocycles. The van der Waals surface area contributed by atoms with E-state index in [2.05, 4.69) is 9.80 Å². The van der Waals surface area contributed by atoms with Crippen LogP contribution in [-0.2, 0) is 20.6 Å². The van der Waals surface area contributed by atoms with Crippen molar-refractivity contribution in [1.29, 1.82) is 0 Å². The SMILES string of the molecule is Cn1c(=O)c2c(nc(N3CCN(c4cccc(Cl)c4)CC3)n2Cc2ccc(F)cc2)n(C)c1=O. The van der Waals surface area contributed by atoms with Crippen molar-refractivity contribution >= 4 is 34.4 Å². The molecule has 0 atom stereocenters. The van der Waals surface area contributed by atoms with Gasteiger partial charge in [-0.1, -0.05) is 29.8 Å². The number of hydrogen-bond donors (Lipinski definition) is 0. The van der Waals surface area contributed by atoms with E-state index in [1.165, 1.54) is 23.7 Å². The molecule has 8 nitrogen and oxygen atoms in total. The molecule has 1 aliphatic rings. The molecule has 176 valence electrons. The van der Waals surface area contributed by atoms with Crippen LogP contribution in [0.25, 0.3) is 11.2 Å². The molecule has 5 rings (SSSR count). The second-order valence-corrected chi connectivity index (χ2v) is 8.89. The molecule has 0 unspecified atom stereocenters. The van der Waals surface area contributed by atoms with E-state index in [9.17, 15) is 14.0 Å². The highest BCUT2D eigenvalue weighted by atomic mass is 35.5. The van der Waals surface area contributed by atoms with Crippen LogP contribution in [0.4, 0.5) is 16.0 Å². The third-order valence-corrected chi connectivity index (χ3v) is 6.55. The number of benzene rings is 2. The van der Waals surface area contributed by atoms with Crippen LogP contribution in [0.5, 0.6) is 0 Å². The average Bonchev–Trinajstić information content (AvgIpc) is 3.22. The molecule has 0 amide bonds. The van der Waals surface area contributed by atoms with E-state index in [0.717, 1.165) is 28.9 Å². The fourth-order valence-corrected chi connectivity index (χ4v) is 4.62. The van der Waals surface area contributed by atoms with Crippen LogP contribution in [-0.4, -0.2) is 44.9 Å². The minimum absolute atomic E-state index is 0.324. The van der Waals surface area contributed by atoms with Crippen LogP contribution in [0.15, 0.2) is 58.1 Å². The number of imidazole rings is 1. The van der Waals surface area contributed by atoms with Crippen LogP contribution in [0.1, 0.15) is 5.56 Å². The quantitative estimate of drug-likeness (QED) is 0.447. The van der Waals surface area contributed by atoms with Gasteiger partial charge in [0, 0.05) is 51.0 Å². The topological polar surface area (TPSA) is 68.3 Å². The molecular formula is C24H24ClFN6O2. The first-order chi connectivity index (χ1) is 16.3. The van der Waals surface area contributed by atoms with Crippen LogP contribution in [0.2, 0.25) is 5.02 Å². The van der Waals surface area contributed by atoms with Crippen LogP contribution >= 0.6 is 11.6 Å². The summed E-state index contributed by atoms with van der Waals surface area (Å²) in [5, 5.41) is 0.692. The fourth-order valence-electron chi connectivity index (χ4n) is 4.44. The molecule has 0 aliphatic carbocycles. The van der Waals surface area contributed by atoms with Gasteiger partial charge in [0.2, 0.25) is 5.95 Å². The Hall–Kier alpha value is -3.59. The van der Waals surface area contributed by atoms with Crippen molar-refractivity contribution in [3.8, 4) is 0 Å². The smallest absolute Gasteiger partial charge is 0.332 e. The van der Waals surface area contributed by atoms with Gasteiger partial charge in [-0.2, -0.15) is 4.98 Å². The summed E-state index contributed by atoms with van der Waals surface area (Å²) < 4.78 is 17.8. The number of piperazine rings is 1. The molecule has 1 saturated heterocycles. The minimum Gasteiger partial charge on any atom is -0.368 e. The van der Waals surface area contributed by atoms with Gasteiger partial charge in [-0.25, -0.2) is 9.18 Å². The number of nitrogens with zero attached hydrogens (tertiary/aromatic N) is 6. The first-order valence-corrected chi connectivity index (χ1v) is 11.4. The zero-order valence-corrected chi connectivity index (χ0v) is 19.7. The predicted octanol–water partition coefficient (Wildman–Crippen LogP) is 2.60. The summed E-state index contributed by atoms with van der Waals surface area (Å²) in [6.45, 7) is 3.17. The number of halogens is 2. The Morgan fingerprint density at radius 2 is 1.62 bits per heavy atom. The summed E-state index contributed by atoms with van der Waals surface area (Å²) in [6, 6.07) is 13.9. The molecule has 34 heavy (non-hydrogen) atoms. The lowest BCUT2D eigenvalue weighted by atomic mass is 10.2. The van der Waals surface area contributed by atoms with Gasteiger partial charge in [-0.3, -0.25) is 18.5 Å². The Morgan fingerprint density at radius 3 is 2.29 bits per heavy atom. The molecular weight excluding hydrogens is 459 g/mol. The molecule has 0 radical (unpaired) electrons. The lowest BCUT2D eigenvalue weighted by Crippen LogP contribution is -2.47. The molecule has 0 N–H and O–H groups in total. The normalized spacial score (nSPS) is 14.2. The van der Waals surface area contributed by atoms with Crippen molar-refractivity contribution in [1.82, 2.24) is 18.7 Å². The minimum atomic E-state index is -0.429. The van der Waals surface area contributed by atoms with E-state index in [-0.39, 0.29) is 5.82 Å². The van der Waals surface area contributed by atoms with Gasteiger partial charge in [0.15, 0.2) is 11.2 Å². The molecule has 4 aromatic rings. The van der Waals surface area contributed by atoms with Crippen molar-refractivity contribution in [3.63, 3.8) is 0 Å². The number of anilines is 2. The first-order valence-electron chi connectivity index (χ1n) is 11.0. The first kappa shape index (κ1) is 22.2. The zero-order chi connectivity index (χ0) is 24.0. The van der Waals surface area contributed by atoms with Crippen molar-refractivity contribution in [2.24, 2.45) is 14.1 Å². The molecule has 2 aromatic carbocycles. The Bertz CT molecular complexity index is 1480. The summed E-state index contributed by atoms with van der Waals surface area (Å²) in [6.07, 6.45) is 0. The molecule has 0 bridgehead atoms. The Labute approximate surface area is 200 Å². The van der Waals surface area contributed by atoms with Gasteiger partial charge >= 0.3 is 5.69 Å². The van der Waals surface area contributed by atoms with E-state index in [1.807, 2.05) is 28.8 Å². The summed E-state index contributed by atoms with van der Waals surface area (Å²) in [7, 11) is 3.07. The highest BCUT2D eigenvalue weighted by molar-refractivity contribution is 6.30. The van der Waals surface area contributed by atoms with Gasteiger partial charge in [-0.15, -0.1) is 0 Å². The Morgan fingerprint density at radius 1 is 0.941 bits per heavy atom. The zero-order valence-electron chi connectivity index (χ0n) is 18.9. The van der Waals surface area contributed by atoms with E-state index in [4.69, 9.17) is 16.6 Å². The molecule has 1 fully saturated rings. The fraction of sp³-hybridized carbons (Fsp3) is 0.292. The van der Waals surface area contributed by atoms with Crippen LogP contribution in [0.3, 0.4) is 0 Å². The summed E-state index contributed by atoms with van der Waals surface area (Å²) >= 11 is 6.16. The maximum Gasteiger partial charge on any atom is 0.332 e. The monoisotopic (exact) mass is 482 g/mol. The summed E-state index contributed by atoms with van der Waals surface area (Å²) in [5.74, 6) is 0.290. The number of aryl methyl sites for hydroxylation is 1. The number of fused-ring (bicyclic) bond motifs is 1. The summed E-state index contributed by atoms with van der Waals surface area (Å²) in [5.41, 5.74) is 1.74. The van der Waals surface area contributed by atoms with Gasteiger partial charge in [0.05, 0.1) is 6.54 Å². The molecule has 3 heterocycles. The lowest BCUT2D eigenvalue weighted by molar-refractivity contribution is 0.621. The third-order valence-electron chi connectivity index (χ3n) is 6.32. The lowest BCUT2D eigenvalue weighted by Gasteiger charge is -2.36. The van der Waals surface area contributed by atoms with Gasteiger partial charge in [-0.05, 0) is 35.9 Å².